The largest absolute Gasteiger partial charge is 0.456 e. The van der Waals surface area contributed by atoms with E-state index in [1.165, 1.54) is 172 Å². The number of fused-ring (bicyclic) bond motifs is 36. The number of aryl methyl sites for hydroxylation is 3. The van der Waals surface area contributed by atoms with Crippen LogP contribution in [0.4, 0.5) is 17.1 Å². The third-order valence-corrected chi connectivity index (χ3v) is 23.0. The lowest BCUT2D eigenvalue weighted by Gasteiger charge is -2.34. The molecule has 92 heavy (non-hydrogen) atoms. The van der Waals surface area contributed by atoms with Crippen LogP contribution in [0.25, 0.3) is 111 Å². The minimum Gasteiger partial charge on any atom is -0.456 e. The van der Waals surface area contributed by atoms with Gasteiger partial charge in [-0.1, -0.05) is 221 Å². The van der Waals surface area contributed by atoms with Gasteiger partial charge in [0.05, 0.1) is 16.5 Å². The molecular weight excluding hydrogens is 1110 g/mol. The Morgan fingerprint density at radius 3 is 1.35 bits per heavy atom. The first-order chi connectivity index (χ1) is 44.9. The van der Waals surface area contributed by atoms with Gasteiger partial charge in [-0.25, -0.2) is 0 Å². The summed E-state index contributed by atoms with van der Waals surface area (Å²) in [6, 6.07) is 93.0. The van der Waals surface area contributed by atoms with Crippen molar-refractivity contribution < 1.29 is 8.83 Å². The molecule has 2 spiro atoms. The highest BCUT2D eigenvalue weighted by molar-refractivity contribution is 6.21. The van der Waals surface area contributed by atoms with Crippen LogP contribution in [-0.2, 0) is 21.7 Å². The van der Waals surface area contributed by atoms with Crippen molar-refractivity contribution in [3.8, 4) is 66.8 Å². The predicted octanol–water partition coefficient (Wildman–Crippen LogP) is 23.2. The van der Waals surface area contributed by atoms with Gasteiger partial charge in [0.25, 0.3) is 0 Å². The van der Waals surface area contributed by atoms with Crippen molar-refractivity contribution in [1.29, 1.82) is 0 Å². The fourth-order valence-corrected chi connectivity index (χ4v) is 19.8. The molecule has 2 heterocycles. The zero-order valence-corrected chi connectivity index (χ0v) is 52.4. The number of para-hydroxylation sites is 2. The number of nitrogens with zero attached hydrogens (tertiary/aromatic N) is 1. The van der Waals surface area contributed by atoms with Crippen LogP contribution in [0.1, 0.15) is 111 Å². The standard InChI is InChI=1S/C89H61NO2/c1-48-42-49(2)84(50(3)43-48)90(51-37-39-59-70(44-51)87(6,7)83-81(59)85-80(61-28-14-21-35-75(61)92-85)79-58-26-12-15-29-64(58)86(4,5)82(79)83)52-36-38-57-62-46-73-63(47-72(62)89(71(57)45-52)67-32-18-10-24-55(67)56-25-11-19-33-68(56)89)77-69(40-41-76-78(77)60-27-13-20-34-74(60)91-76)88(73)65-30-16-8-22-53(65)54-23-9-17-31-66(54)88/h8-47H,1-7H3. The first kappa shape index (κ1) is 51.1. The highest BCUT2D eigenvalue weighted by atomic mass is 16.3. The molecule has 2 aromatic heterocycles. The molecular formula is C89H61NO2. The molecule has 0 saturated heterocycles. The van der Waals surface area contributed by atoms with E-state index in [2.05, 4.69) is 296 Å². The smallest absolute Gasteiger partial charge is 0.144 e. The summed E-state index contributed by atoms with van der Waals surface area (Å²) >= 11 is 0. The Balaban J connectivity index is 0.843. The molecule has 6 aliphatic rings. The lowest BCUT2D eigenvalue weighted by Crippen LogP contribution is -2.27. The average molecular weight is 1180 g/mol. The molecule has 6 aliphatic carbocycles. The van der Waals surface area contributed by atoms with Crippen molar-refractivity contribution in [2.45, 2.75) is 70.1 Å². The highest BCUT2D eigenvalue weighted by Gasteiger charge is 2.57. The van der Waals surface area contributed by atoms with E-state index in [1.807, 2.05) is 0 Å². The molecule has 3 heteroatoms. The van der Waals surface area contributed by atoms with Gasteiger partial charge in [0.1, 0.15) is 22.3 Å². The van der Waals surface area contributed by atoms with E-state index in [0.29, 0.717) is 0 Å². The average Bonchev–Trinajstić information content (AvgIpc) is 1.49. The van der Waals surface area contributed by atoms with E-state index in [1.54, 1.807) is 0 Å². The molecule has 0 amide bonds. The van der Waals surface area contributed by atoms with Crippen LogP contribution in [0, 0.1) is 20.8 Å². The molecule has 0 saturated carbocycles. The van der Waals surface area contributed by atoms with Gasteiger partial charge in [0, 0.05) is 49.3 Å². The van der Waals surface area contributed by atoms with Crippen LogP contribution in [0.5, 0.6) is 0 Å². The van der Waals surface area contributed by atoms with Gasteiger partial charge in [-0.15, -0.1) is 0 Å². The Morgan fingerprint density at radius 1 is 0.293 bits per heavy atom. The summed E-state index contributed by atoms with van der Waals surface area (Å²) in [5.74, 6) is 0. The summed E-state index contributed by atoms with van der Waals surface area (Å²) in [6.07, 6.45) is 0. The van der Waals surface area contributed by atoms with Crippen LogP contribution in [0.3, 0.4) is 0 Å². The maximum Gasteiger partial charge on any atom is 0.144 e. The maximum absolute atomic E-state index is 7.20. The first-order valence-corrected chi connectivity index (χ1v) is 32.7. The Labute approximate surface area is 534 Å². The summed E-state index contributed by atoms with van der Waals surface area (Å²) in [6.45, 7) is 16.7. The van der Waals surface area contributed by atoms with Crippen LogP contribution >= 0.6 is 0 Å². The third-order valence-electron chi connectivity index (χ3n) is 23.0. The zero-order chi connectivity index (χ0) is 61.2. The Morgan fingerprint density at radius 2 is 0.728 bits per heavy atom. The van der Waals surface area contributed by atoms with Gasteiger partial charge in [0.2, 0.25) is 0 Å². The number of rotatable bonds is 3. The van der Waals surface area contributed by atoms with Crippen molar-refractivity contribution in [3.05, 3.63) is 326 Å². The third kappa shape index (κ3) is 5.80. The molecule has 15 aromatic rings. The van der Waals surface area contributed by atoms with Crippen molar-refractivity contribution in [2.75, 3.05) is 4.90 Å². The second kappa shape index (κ2) is 17.0. The number of anilines is 3. The van der Waals surface area contributed by atoms with Gasteiger partial charge >= 0.3 is 0 Å². The second-order valence-electron chi connectivity index (χ2n) is 28.2. The molecule has 0 fully saturated rings. The summed E-state index contributed by atoms with van der Waals surface area (Å²) in [5, 5.41) is 4.71. The summed E-state index contributed by atoms with van der Waals surface area (Å²) in [7, 11) is 0. The van der Waals surface area contributed by atoms with Gasteiger partial charge in [-0.05, 0) is 214 Å². The second-order valence-corrected chi connectivity index (χ2v) is 28.2. The van der Waals surface area contributed by atoms with E-state index >= 15 is 0 Å². The Bertz CT molecular complexity index is 5840. The Kier molecular flexibility index (Phi) is 9.43. The fraction of sp³-hybridized carbons (Fsp3) is 0.124. The summed E-state index contributed by atoms with van der Waals surface area (Å²) in [4.78, 5) is 2.60. The van der Waals surface area contributed by atoms with E-state index in [4.69, 9.17) is 8.83 Å². The molecule has 0 bridgehead atoms. The van der Waals surface area contributed by atoms with Crippen LogP contribution in [-0.4, -0.2) is 0 Å². The SMILES string of the molecule is Cc1cc(C)c(N(c2ccc3c(c2)C(C)(C)c2c4c(c5c(oc6ccccc65)c2-3)-c2ccccc2C4(C)C)c2ccc3c(c2)C2(c4ccccc4-c4ccccc42)c2cc4c(cc2-3)C2(c3ccccc3-c3ccccc32)c2ccc3oc5ccccc5c3c2-4)c(C)c1. The monoisotopic (exact) mass is 1180 g/mol. The summed E-state index contributed by atoms with van der Waals surface area (Å²) < 4.78 is 14.1. The lowest BCUT2D eigenvalue weighted by atomic mass is 9.68. The number of hydrogen-bond donors (Lipinski definition) is 0. The van der Waals surface area contributed by atoms with Crippen molar-refractivity contribution in [1.82, 2.24) is 0 Å². The zero-order valence-electron chi connectivity index (χ0n) is 52.4. The molecule has 0 unspecified atom stereocenters. The van der Waals surface area contributed by atoms with Crippen molar-refractivity contribution in [2.24, 2.45) is 0 Å². The van der Waals surface area contributed by atoms with Crippen molar-refractivity contribution >= 4 is 60.9 Å². The molecule has 21 rings (SSSR count). The molecule has 0 aliphatic heterocycles. The van der Waals surface area contributed by atoms with Gasteiger partial charge in [-0.3, -0.25) is 0 Å². The normalized spacial score (nSPS) is 15.7. The molecule has 0 radical (unpaired) electrons. The van der Waals surface area contributed by atoms with E-state index in [-0.39, 0.29) is 5.41 Å². The van der Waals surface area contributed by atoms with Gasteiger partial charge in [0.15, 0.2) is 0 Å². The summed E-state index contributed by atoms with van der Waals surface area (Å²) in [5.41, 5.74) is 40.3. The molecule has 434 valence electrons. The number of benzene rings is 13. The van der Waals surface area contributed by atoms with Gasteiger partial charge < -0.3 is 13.7 Å². The van der Waals surface area contributed by atoms with E-state index in [0.717, 1.165) is 39.1 Å². The van der Waals surface area contributed by atoms with Crippen LogP contribution in [0.15, 0.2) is 251 Å². The topological polar surface area (TPSA) is 29.5 Å². The van der Waals surface area contributed by atoms with Gasteiger partial charge in [-0.2, -0.15) is 0 Å². The molecule has 0 atom stereocenters. The Hall–Kier alpha value is -10.7. The first-order valence-electron chi connectivity index (χ1n) is 32.7. The minimum atomic E-state index is -0.677. The molecule has 3 nitrogen and oxygen atoms in total. The van der Waals surface area contributed by atoms with Crippen LogP contribution in [0.2, 0.25) is 0 Å². The van der Waals surface area contributed by atoms with E-state index < -0.39 is 16.2 Å². The van der Waals surface area contributed by atoms with E-state index in [9.17, 15) is 0 Å². The highest BCUT2D eigenvalue weighted by Crippen LogP contribution is 2.70. The predicted molar refractivity (Wildman–Crippen MR) is 378 cm³/mol. The molecule has 0 N–H and O–H groups in total. The number of hydrogen-bond acceptors (Lipinski definition) is 3. The molecule has 13 aromatic carbocycles. The maximum atomic E-state index is 7.20. The van der Waals surface area contributed by atoms with Crippen LogP contribution < -0.4 is 4.90 Å². The lowest BCUT2D eigenvalue weighted by molar-refractivity contribution is 0.600. The quantitative estimate of drug-likeness (QED) is 0.177. The van der Waals surface area contributed by atoms with Crippen molar-refractivity contribution in [3.63, 3.8) is 0 Å². The number of furan rings is 2. The fourth-order valence-electron chi connectivity index (χ4n) is 19.8. The minimum absolute atomic E-state index is 0.252.